The van der Waals surface area contributed by atoms with Crippen molar-refractivity contribution in [2.75, 3.05) is 0 Å². The standard InChI is InChI=1S/C13H17ClN2O3.C9H14O3.C4H2BrClN2.B15H6.B15H3.B15/c1-12(2,3)19-10(17)8-4-13(18,5-8)9-6-15-11(14)16-7-9;1-9(2,3)12-8(11)6-4-7(10)5-6;5-3-1-7-4(6)8-2-3;3*1-9-13(8)15(12(6)7)14(10(2)3)11(4)5/h6-8,18H,4-5H2,1-3H3;6H,4-5H2,1-3H3;1-2H;1-2H3;1H3;/q;;;-2;-1;. The number of carbonyl (C=O) groups excluding carboxylic acids is 3. The number of rotatable bonds is 21. The molecule has 0 saturated heterocycles. The second kappa shape index (κ2) is 42.0. The average Bonchev–Trinajstić information content (AvgIpc) is 3.33. The number of nitrogens with zero attached hydrogens (tertiary/aromatic N) is 4. The fourth-order valence-corrected chi connectivity index (χ4v) is 8.32. The van der Waals surface area contributed by atoms with E-state index in [-0.39, 0.29) is 108 Å². The van der Waals surface area contributed by atoms with E-state index < -0.39 is 87.0 Å². The molecule has 361 valence electrons. The van der Waals surface area contributed by atoms with Crippen molar-refractivity contribution in [1.82, 2.24) is 19.9 Å². The van der Waals surface area contributed by atoms with Crippen molar-refractivity contribution in [3.8, 4) is 0 Å². The lowest BCUT2D eigenvalue weighted by Gasteiger charge is -2.42. The molecule has 2 fully saturated rings. The zero-order valence-electron chi connectivity index (χ0n) is 47.0. The number of halogens is 3. The minimum absolute atomic E-state index is 0.0398. The SMILES string of the molecule is CC(C)(C)OC(=O)C1CC(=O)C1.CC(C)(C)OC(=O)C1CC(O)(c2cnc(Cl)nc2)C1.Clc1ncc(Br)cn1.[B]B([B])B(B([B])[BH3-])B(B([B])[B])B([B])[B][BH3-].[B]B([B])B(B([B])[B])B(B([B])[B])B([B])[B][BH3-].[B][B]B([B])B(B([B])[B])B(B([B])[B])B([B])[B]. The third-order valence-electron chi connectivity index (χ3n) is 12.0. The van der Waals surface area contributed by atoms with Crippen molar-refractivity contribution in [3.63, 3.8) is 0 Å². The van der Waals surface area contributed by atoms with Crippen LogP contribution in [0.25, 0.3) is 0 Å². The number of hydrogen-bond acceptors (Lipinski definition) is 10. The number of esters is 2. The lowest BCUT2D eigenvalue weighted by atomic mass is 8.46. The summed E-state index contributed by atoms with van der Waals surface area (Å²) in [7, 11) is 125. The van der Waals surface area contributed by atoms with Gasteiger partial charge in [-0.1, -0.05) is 23.2 Å². The highest BCUT2D eigenvalue weighted by Crippen LogP contribution is 2.46. The Labute approximate surface area is 564 Å². The summed E-state index contributed by atoms with van der Waals surface area (Å²) in [4.78, 5) is 48.7. The lowest BCUT2D eigenvalue weighted by Crippen LogP contribution is -2.73. The van der Waals surface area contributed by atoms with E-state index in [0.717, 1.165) is 4.47 Å². The first-order chi connectivity index (χ1) is 38.3. The van der Waals surface area contributed by atoms with E-state index >= 15 is 0 Å². The van der Waals surface area contributed by atoms with Gasteiger partial charge in [0, 0.05) is 150 Å². The predicted molar refractivity (Wildman–Crippen MR) is 419 cm³/mol. The van der Waals surface area contributed by atoms with Gasteiger partial charge in [-0.2, -0.15) is 14.1 Å². The molecule has 2 saturated carbocycles. The Bertz CT molecular complexity index is 2020. The van der Waals surface area contributed by atoms with Crippen LogP contribution in [0.1, 0.15) is 72.8 Å². The number of ether oxygens (including phenoxy) is 2. The third kappa shape index (κ3) is 33.3. The van der Waals surface area contributed by atoms with Crippen LogP contribution >= 0.6 is 39.1 Å². The van der Waals surface area contributed by atoms with Crippen LogP contribution in [0.15, 0.2) is 29.3 Å². The van der Waals surface area contributed by atoms with E-state index in [0.29, 0.717) is 31.2 Å². The molecular formula is C26H42B45BrCl2N4O6-3. The molecule has 0 aliphatic heterocycles. The van der Waals surface area contributed by atoms with Gasteiger partial charge in [0.2, 0.25) is 10.6 Å². The maximum Gasteiger partial charge on any atom is 0.310 e. The van der Waals surface area contributed by atoms with Crippen LogP contribution in [-0.2, 0) is 29.5 Å². The molecule has 2 heterocycles. The zero-order valence-corrected chi connectivity index (χ0v) is 50.1. The fraction of sp³-hybridized carbons (Fsp3) is 0.577. The van der Waals surface area contributed by atoms with E-state index in [2.05, 4.69) is 42.9 Å². The minimum Gasteiger partial charge on any atom is -0.460 e. The van der Waals surface area contributed by atoms with Gasteiger partial charge in [0.1, 0.15) is 17.0 Å². The van der Waals surface area contributed by atoms with Crippen molar-refractivity contribution in [2.24, 2.45) is 11.8 Å². The highest BCUT2D eigenvalue weighted by molar-refractivity contribution is 9.10. The van der Waals surface area contributed by atoms with E-state index in [9.17, 15) is 19.5 Å². The summed E-state index contributed by atoms with van der Waals surface area (Å²) >= 11 is 14.1. The normalized spacial score (nSPS) is 14.3. The fourth-order valence-electron chi connectivity index (χ4n) is 7.92. The Hall–Kier alpha value is 0.712. The Morgan fingerprint density at radius 2 is 0.845 bits per heavy atom. The van der Waals surface area contributed by atoms with E-state index in [4.69, 9.17) is 195 Å². The minimum atomic E-state index is -1.05. The molecule has 0 unspecified atom stereocenters. The van der Waals surface area contributed by atoms with Gasteiger partial charge in [-0.15, -0.1) is 6.39 Å². The van der Waals surface area contributed by atoms with Crippen molar-refractivity contribution in [3.05, 3.63) is 45.4 Å². The molecule has 0 atom stereocenters. The van der Waals surface area contributed by atoms with Crippen LogP contribution in [-0.4, -0.2) is 376 Å². The highest BCUT2D eigenvalue weighted by atomic mass is 79.9. The van der Waals surface area contributed by atoms with Crippen molar-refractivity contribution >= 4 is 379 Å². The van der Waals surface area contributed by atoms with Gasteiger partial charge in [0.15, 0.2) is 0 Å². The quantitative estimate of drug-likeness (QED) is 0.0729. The summed E-state index contributed by atoms with van der Waals surface area (Å²) in [6.07, 6.45) is -0.203. The molecule has 0 spiro atoms. The van der Waals surface area contributed by atoms with Crippen LogP contribution in [0.4, 0.5) is 0 Å². The largest absolute Gasteiger partial charge is 0.460 e. The summed E-state index contributed by atoms with van der Waals surface area (Å²) in [5.74, 6) is -0.795. The van der Waals surface area contributed by atoms with E-state index in [1.165, 1.54) is 19.5 Å². The lowest BCUT2D eigenvalue weighted by molar-refractivity contribution is -0.176. The number of Topliss-reactive ketones (excluding diaryl/α,β-unsaturated/α-hetero) is 1. The monoisotopic (exact) mass is 1150 g/mol. The second-order valence-electron chi connectivity index (χ2n) is 21.5. The van der Waals surface area contributed by atoms with Gasteiger partial charge >= 0.3 is 11.9 Å². The molecule has 0 bridgehead atoms. The van der Waals surface area contributed by atoms with Crippen LogP contribution in [0.5, 0.6) is 0 Å². The number of aliphatic hydroxyl groups is 1. The summed E-state index contributed by atoms with van der Waals surface area (Å²) in [5.41, 5.74) is -1.41. The van der Waals surface area contributed by atoms with Crippen LogP contribution in [0.2, 0.25) is 10.6 Å². The molecule has 2 aliphatic carbocycles. The van der Waals surface area contributed by atoms with Gasteiger partial charge in [0.05, 0.1) is 21.9 Å². The van der Waals surface area contributed by atoms with Crippen molar-refractivity contribution in [2.45, 2.75) is 84.0 Å². The molecule has 2 aromatic rings. The number of ketones is 1. The molecule has 1 N–H and O–H groups in total. The molecular weight excluding hydrogens is 1100 g/mol. The first-order valence-corrected chi connectivity index (χ1v) is 26.7. The van der Waals surface area contributed by atoms with Crippen molar-refractivity contribution in [1.29, 1.82) is 0 Å². The molecule has 45 radical (unpaired) electrons. The first-order valence-electron chi connectivity index (χ1n) is 25.2. The number of hydrogen-bond donors (Lipinski definition) is 1. The summed E-state index contributed by atoms with van der Waals surface area (Å²) < 4.78 is 11.2. The van der Waals surface area contributed by atoms with Crippen LogP contribution in [0.3, 0.4) is 0 Å². The molecule has 4 rings (SSSR count). The van der Waals surface area contributed by atoms with Gasteiger partial charge < -0.3 is 14.6 Å². The Morgan fingerprint density at radius 1 is 0.560 bits per heavy atom. The summed E-state index contributed by atoms with van der Waals surface area (Å²) in [5, 5.41) is 10.8. The molecule has 10 nitrogen and oxygen atoms in total. The average molecular weight is 1140 g/mol. The molecule has 2 aliphatic rings. The molecule has 0 aromatic carbocycles. The highest BCUT2D eigenvalue weighted by Gasteiger charge is 2.49. The molecule has 0 amide bonds. The number of carbonyl (C=O) groups is 3. The van der Waals surface area contributed by atoms with Crippen molar-refractivity contribution < 1.29 is 29.0 Å². The van der Waals surface area contributed by atoms with Crippen LogP contribution < -0.4 is 0 Å². The Morgan fingerprint density at radius 3 is 1.10 bits per heavy atom. The molecule has 2 aromatic heterocycles. The second-order valence-corrected chi connectivity index (χ2v) is 23.1. The molecule has 58 heteroatoms. The first kappa shape index (κ1) is 86.8. The van der Waals surface area contributed by atoms with Crippen LogP contribution in [0, 0.1) is 11.8 Å². The maximum absolute atomic E-state index is 11.8. The smallest absolute Gasteiger partial charge is 0.310 e. The Balaban J connectivity index is 0. The Kier molecular flexibility index (Phi) is 43.4. The van der Waals surface area contributed by atoms with Gasteiger partial charge in [0.25, 0.3) is 0 Å². The summed E-state index contributed by atoms with van der Waals surface area (Å²) in [6, 6.07) is 0. The third-order valence-corrected chi connectivity index (χ3v) is 12.8. The maximum atomic E-state index is 11.8. The van der Waals surface area contributed by atoms with E-state index in [1.54, 1.807) is 12.4 Å². The van der Waals surface area contributed by atoms with Gasteiger partial charge in [-0.25, -0.2) is 19.9 Å². The van der Waals surface area contributed by atoms with Gasteiger partial charge in [-0.3, -0.25) is 14.4 Å². The zero-order chi connectivity index (χ0) is 66.1. The van der Waals surface area contributed by atoms with Gasteiger partial charge in [-0.05, 0) is 264 Å². The summed E-state index contributed by atoms with van der Waals surface area (Å²) in [6.45, 7) is 10.9. The van der Waals surface area contributed by atoms with E-state index in [1.807, 2.05) is 48.6 Å². The molecule has 84 heavy (non-hydrogen) atoms. The number of aromatic nitrogens is 4. The topological polar surface area (TPSA) is 141 Å². The predicted octanol–water partition coefficient (Wildman–Crippen LogP) is -14.3.